The first-order valence-corrected chi connectivity index (χ1v) is 9.79. The molecule has 0 unspecified atom stereocenters. The molecule has 1 aliphatic heterocycles. The second-order valence-corrected chi connectivity index (χ2v) is 6.85. The molecule has 0 spiro atoms. The van der Waals surface area contributed by atoms with Gasteiger partial charge in [0.2, 0.25) is 0 Å². The van der Waals surface area contributed by atoms with Crippen LogP contribution in [0.1, 0.15) is 36.8 Å². The number of hydrogen-bond donors (Lipinski definition) is 0. The standard InChI is InChI=1S/C23H26O6/c1-4-26-21(24)23(22(25)27-5-2)19(15-17-9-7-6-8-10-17)28-20(29-23)18-13-11-16(3)12-14-18/h6-14,19-20H,4-5,15H2,1-3H3/t19-,20-/m0/s1. The Morgan fingerprint density at radius 2 is 1.52 bits per heavy atom. The molecule has 1 heterocycles. The third kappa shape index (κ3) is 4.33. The molecule has 0 bridgehead atoms. The summed E-state index contributed by atoms with van der Waals surface area (Å²) in [6.45, 7) is 5.54. The van der Waals surface area contributed by atoms with Crippen molar-refractivity contribution in [1.29, 1.82) is 0 Å². The summed E-state index contributed by atoms with van der Waals surface area (Å²) in [6.07, 6.45) is -1.49. The summed E-state index contributed by atoms with van der Waals surface area (Å²) in [5, 5.41) is 0. The van der Waals surface area contributed by atoms with E-state index in [-0.39, 0.29) is 13.2 Å². The molecule has 6 nitrogen and oxygen atoms in total. The molecule has 3 rings (SSSR count). The van der Waals surface area contributed by atoms with Gasteiger partial charge in [-0.2, -0.15) is 0 Å². The van der Waals surface area contributed by atoms with Gasteiger partial charge in [0.1, 0.15) is 6.10 Å². The summed E-state index contributed by atoms with van der Waals surface area (Å²) in [5.74, 6) is -1.59. The van der Waals surface area contributed by atoms with Crippen LogP contribution in [0.5, 0.6) is 0 Å². The number of esters is 2. The Morgan fingerprint density at radius 3 is 2.07 bits per heavy atom. The maximum absolute atomic E-state index is 13.0. The Hall–Kier alpha value is -2.70. The van der Waals surface area contributed by atoms with Gasteiger partial charge in [-0.25, -0.2) is 9.59 Å². The predicted molar refractivity (Wildman–Crippen MR) is 106 cm³/mol. The molecule has 6 heteroatoms. The molecule has 0 radical (unpaired) electrons. The monoisotopic (exact) mass is 398 g/mol. The maximum atomic E-state index is 13.0. The molecule has 2 aromatic rings. The van der Waals surface area contributed by atoms with E-state index in [1.165, 1.54) is 0 Å². The van der Waals surface area contributed by atoms with Crippen LogP contribution in [-0.2, 0) is 35.0 Å². The first kappa shape index (κ1) is 21.0. The lowest BCUT2D eigenvalue weighted by atomic mass is 9.91. The third-order valence-electron chi connectivity index (χ3n) is 4.81. The molecule has 1 fully saturated rings. The minimum Gasteiger partial charge on any atom is -0.463 e. The second-order valence-electron chi connectivity index (χ2n) is 6.85. The number of ether oxygens (including phenoxy) is 4. The van der Waals surface area contributed by atoms with Gasteiger partial charge in [0.25, 0.3) is 5.60 Å². The molecule has 0 N–H and O–H groups in total. The van der Waals surface area contributed by atoms with Gasteiger partial charge < -0.3 is 18.9 Å². The Bertz CT molecular complexity index is 812. The van der Waals surface area contributed by atoms with Gasteiger partial charge in [-0.05, 0) is 26.3 Å². The number of carbonyl (C=O) groups is 2. The highest BCUT2D eigenvalue weighted by atomic mass is 16.8. The third-order valence-corrected chi connectivity index (χ3v) is 4.81. The van der Waals surface area contributed by atoms with Gasteiger partial charge in [0, 0.05) is 12.0 Å². The lowest BCUT2D eigenvalue weighted by Gasteiger charge is -2.27. The quantitative estimate of drug-likeness (QED) is 0.525. The summed E-state index contributed by atoms with van der Waals surface area (Å²) in [6, 6.07) is 17.0. The summed E-state index contributed by atoms with van der Waals surface area (Å²) in [7, 11) is 0. The lowest BCUT2D eigenvalue weighted by molar-refractivity contribution is -0.191. The largest absolute Gasteiger partial charge is 0.463 e. The molecule has 0 amide bonds. The normalized spacial score (nSPS) is 20.2. The summed E-state index contributed by atoms with van der Waals surface area (Å²) < 4.78 is 22.6. The van der Waals surface area contributed by atoms with E-state index in [1.807, 2.05) is 61.5 Å². The molecule has 2 atom stereocenters. The lowest BCUT2D eigenvalue weighted by Crippen LogP contribution is -2.56. The van der Waals surface area contributed by atoms with E-state index in [0.29, 0.717) is 12.0 Å². The topological polar surface area (TPSA) is 71.1 Å². The Labute approximate surface area is 170 Å². The van der Waals surface area contributed by atoms with E-state index in [0.717, 1.165) is 11.1 Å². The van der Waals surface area contributed by atoms with Crippen LogP contribution in [0.4, 0.5) is 0 Å². The molecule has 154 valence electrons. The Balaban J connectivity index is 2.01. The van der Waals surface area contributed by atoms with E-state index in [1.54, 1.807) is 13.8 Å². The van der Waals surface area contributed by atoms with Crippen molar-refractivity contribution in [3.8, 4) is 0 Å². The number of carbonyl (C=O) groups excluding carboxylic acids is 2. The van der Waals surface area contributed by atoms with Crippen LogP contribution >= 0.6 is 0 Å². The Morgan fingerprint density at radius 1 is 0.931 bits per heavy atom. The number of aryl methyl sites for hydroxylation is 1. The SMILES string of the molecule is CCOC(=O)C1(C(=O)OCC)O[C@@H](c2ccc(C)cc2)O[C@H]1Cc1ccccc1. The first-order chi connectivity index (χ1) is 14.0. The van der Waals surface area contributed by atoms with Crippen LogP contribution < -0.4 is 0 Å². The van der Waals surface area contributed by atoms with E-state index >= 15 is 0 Å². The Kier molecular flexibility index (Phi) is 6.67. The van der Waals surface area contributed by atoms with Crippen molar-refractivity contribution in [3.05, 3.63) is 71.3 Å². The van der Waals surface area contributed by atoms with Gasteiger partial charge in [0.15, 0.2) is 6.29 Å². The minimum absolute atomic E-state index is 0.108. The van der Waals surface area contributed by atoms with Crippen molar-refractivity contribution >= 4 is 11.9 Å². The fraction of sp³-hybridized carbons (Fsp3) is 0.391. The molecule has 2 aromatic carbocycles. The fourth-order valence-corrected chi connectivity index (χ4v) is 3.33. The van der Waals surface area contributed by atoms with Gasteiger partial charge in [-0.1, -0.05) is 60.2 Å². The van der Waals surface area contributed by atoms with E-state index < -0.39 is 29.9 Å². The highest BCUT2D eigenvalue weighted by Gasteiger charge is 2.63. The molecule has 0 aromatic heterocycles. The molecular weight excluding hydrogens is 372 g/mol. The fourth-order valence-electron chi connectivity index (χ4n) is 3.33. The smallest absolute Gasteiger partial charge is 0.353 e. The molecule has 1 aliphatic rings. The molecule has 0 saturated carbocycles. The molecule has 0 aliphatic carbocycles. The average molecular weight is 398 g/mol. The predicted octanol–water partition coefficient (Wildman–Crippen LogP) is 3.52. The van der Waals surface area contributed by atoms with E-state index in [2.05, 4.69) is 0 Å². The second kappa shape index (κ2) is 9.20. The zero-order valence-electron chi connectivity index (χ0n) is 16.9. The zero-order chi connectivity index (χ0) is 20.9. The maximum Gasteiger partial charge on any atom is 0.353 e. The van der Waals surface area contributed by atoms with Crippen molar-refractivity contribution in [2.75, 3.05) is 13.2 Å². The van der Waals surface area contributed by atoms with Gasteiger partial charge in [0.05, 0.1) is 13.2 Å². The van der Waals surface area contributed by atoms with Crippen LogP contribution in [0.25, 0.3) is 0 Å². The van der Waals surface area contributed by atoms with E-state index in [4.69, 9.17) is 18.9 Å². The van der Waals surface area contributed by atoms with Crippen molar-refractivity contribution in [3.63, 3.8) is 0 Å². The average Bonchev–Trinajstić information content (AvgIpc) is 3.10. The van der Waals surface area contributed by atoms with Gasteiger partial charge in [-0.15, -0.1) is 0 Å². The first-order valence-electron chi connectivity index (χ1n) is 9.79. The molecular formula is C23H26O6. The van der Waals surface area contributed by atoms with Crippen LogP contribution in [0, 0.1) is 6.92 Å². The molecule has 29 heavy (non-hydrogen) atoms. The number of benzene rings is 2. The zero-order valence-corrected chi connectivity index (χ0v) is 16.9. The van der Waals surface area contributed by atoms with Gasteiger partial charge in [-0.3, -0.25) is 0 Å². The van der Waals surface area contributed by atoms with Crippen molar-refractivity contribution in [2.24, 2.45) is 0 Å². The number of hydrogen-bond acceptors (Lipinski definition) is 6. The van der Waals surface area contributed by atoms with Crippen LogP contribution in [0.3, 0.4) is 0 Å². The van der Waals surface area contributed by atoms with Crippen molar-refractivity contribution in [2.45, 2.75) is 45.2 Å². The van der Waals surface area contributed by atoms with Gasteiger partial charge >= 0.3 is 11.9 Å². The van der Waals surface area contributed by atoms with Crippen LogP contribution in [0.2, 0.25) is 0 Å². The van der Waals surface area contributed by atoms with Crippen LogP contribution in [-0.4, -0.2) is 36.9 Å². The summed E-state index contributed by atoms with van der Waals surface area (Å²) in [4.78, 5) is 26.0. The van der Waals surface area contributed by atoms with Crippen molar-refractivity contribution in [1.82, 2.24) is 0 Å². The summed E-state index contributed by atoms with van der Waals surface area (Å²) >= 11 is 0. The van der Waals surface area contributed by atoms with Crippen molar-refractivity contribution < 1.29 is 28.5 Å². The van der Waals surface area contributed by atoms with E-state index in [9.17, 15) is 9.59 Å². The summed E-state index contributed by atoms with van der Waals surface area (Å²) in [5.41, 5.74) is 0.708. The highest BCUT2D eigenvalue weighted by molar-refractivity contribution is 6.05. The number of rotatable bonds is 7. The highest BCUT2D eigenvalue weighted by Crippen LogP contribution is 2.41. The minimum atomic E-state index is -1.99. The molecule has 1 saturated heterocycles. The van der Waals surface area contributed by atoms with Crippen LogP contribution in [0.15, 0.2) is 54.6 Å².